The van der Waals surface area contributed by atoms with E-state index in [1.807, 2.05) is 13.1 Å². The van der Waals surface area contributed by atoms with Crippen molar-refractivity contribution in [1.82, 2.24) is 9.78 Å². The van der Waals surface area contributed by atoms with Gasteiger partial charge in [-0.2, -0.15) is 5.10 Å². The Kier molecular flexibility index (Phi) is 2.64. The Hall–Kier alpha value is -1.32. The number of nitrogens with two attached hydrogens (primary N) is 1. The molecule has 0 radical (unpaired) electrons. The van der Waals surface area contributed by atoms with Gasteiger partial charge in [-0.25, -0.2) is 0 Å². The third-order valence-electron chi connectivity index (χ3n) is 2.12. The number of aromatic nitrogens is 2. The van der Waals surface area contributed by atoms with E-state index in [-0.39, 0.29) is 11.3 Å². The van der Waals surface area contributed by atoms with Crippen LogP contribution in [0.15, 0.2) is 6.07 Å². The Labute approximate surface area is 84.6 Å². The second-order valence-electron chi connectivity index (χ2n) is 4.60. The fourth-order valence-corrected chi connectivity index (χ4v) is 1.23. The lowest BCUT2D eigenvalue weighted by atomic mass is 9.92. The fourth-order valence-electron chi connectivity index (χ4n) is 1.23. The van der Waals surface area contributed by atoms with Crippen molar-refractivity contribution in [1.29, 1.82) is 5.41 Å². The molecule has 0 amide bonds. The Bertz CT molecular complexity index is 343. The van der Waals surface area contributed by atoms with Crippen LogP contribution in [0, 0.1) is 5.41 Å². The quantitative estimate of drug-likeness (QED) is 0.548. The molecule has 0 atom stereocenters. The van der Waals surface area contributed by atoms with Crippen molar-refractivity contribution in [3.8, 4) is 0 Å². The van der Waals surface area contributed by atoms with Crippen LogP contribution < -0.4 is 5.73 Å². The molecule has 78 valence electrons. The minimum Gasteiger partial charge on any atom is -0.387 e. The number of hydrogen-bond donors (Lipinski definition) is 2. The highest BCUT2D eigenvalue weighted by Gasteiger charge is 2.18. The first-order chi connectivity index (χ1) is 6.30. The van der Waals surface area contributed by atoms with Gasteiger partial charge in [0.1, 0.15) is 0 Å². The average Bonchev–Trinajstić information content (AvgIpc) is 2.30. The molecule has 3 N–H and O–H groups in total. The van der Waals surface area contributed by atoms with Crippen molar-refractivity contribution in [2.75, 3.05) is 0 Å². The highest BCUT2D eigenvalue weighted by molar-refractivity contribution is 5.79. The number of hydrogen-bond acceptors (Lipinski definition) is 2. The van der Waals surface area contributed by atoms with Crippen molar-refractivity contribution in [2.45, 2.75) is 32.6 Å². The number of rotatable bonds is 2. The number of amidine groups is 1. The van der Waals surface area contributed by atoms with E-state index in [0.29, 0.717) is 6.42 Å². The summed E-state index contributed by atoms with van der Waals surface area (Å²) in [5.41, 5.74) is 7.43. The van der Waals surface area contributed by atoms with E-state index in [2.05, 4.69) is 25.9 Å². The van der Waals surface area contributed by atoms with Gasteiger partial charge < -0.3 is 5.73 Å². The monoisotopic (exact) mass is 194 g/mol. The maximum atomic E-state index is 7.23. The van der Waals surface area contributed by atoms with Crippen LogP contribution >= 0.6 is 0 Å². The summed E-state index contributed by atoms with van der Waals surface area (Å²) in [4.78, 5) is 0. The Morgan fingerprint density at radius 1 is 1.57 bits per heavy atom. The summed E-state index contributed by atoms with van der Waals surface area (Å²) < 4.78 is 1.79. The Balaban J connectivity index is 2.99. The molecule has 0 spiro atoms. The summed E-state index contributed by atoms with van der Waals surface area (Å²) in [7, 11) is 1.88. The molecule has 4 heteroatoms. The molecule has 0 fully saturated rings. The predicted octanol–water partition coefficient (Wildman–Crippen LogP) is 1.20. The zero-order chi connectivity index (χ0) is 10.9. The largest absolute Gasteiger partial charge is 0.387 e. The molecule has 1 heterocycles. The summed E-state index contributed by atoms with van der Waals surface area (Å²) in [6.07, 6.45) is 0.472. The van der Waals surface area contributed by atoms with Crippen molar-refractivity contribution in [3.05, 3.63) is 17.5 Å². The second kappa shape index (κ2) is 3.44. The van der Waals surface area contributed by atoms with E-state index in [4.69, 9.17) is 11.1 Å². The smallest absolute Gasteiger partial charge is 0.0965 e. The molecular weight excluding hydrogens is 176 g/mol. The Morgan fingerprint density at radius 2 is 2.14 bits per heavy atom. The molecule has 0 bridgehead atoms. The summed E-state index contributed by atoms with van der Waals surface area (Å²) >= 11 is 0. The third-order valence-corrected chi connectivity index (χ3v) is 2.12. The highest BCUT2D eigenvalue weighted by Crippen LogP contribution is 2.21. The van der Waals surface area contributed by atoms with E-state index in [0.717, 1.165) is 11.4 Å². The van der Waals surface area contributed by atoms with E-state index >= 15 is 0 Å². The minimum atomic E-state index is 0.0484. The third kappa shape index (κ3) is 2.34. The average molecular weight is 194 g/mol. The molecule has 0 saturated heterocycles. The molecule has 4 nitrogen and oxygen atoms in total. The fraction of sp³-hybridized carbons (Fsp3) is 0.600. The number of nitrogens with zero attached hydrogens (tertiary/aromatic N) is 2. The molecule has 1 rings (SSSR count). The molecular formula is C10H18N4. The molecule has 0 aliphatic carbocycles. The number of aryl methyl sites for hydroxylation is 1. The Morgan fingerprint density at radius 3 is 2.50 bits per heavy atom. The van der Waals surface area contributed by atoms with Gasteiger partial charge in [0.15, 0.2) is 0 Å². The molecule has 0 aliphatic heterocycles. The zero-order valence-corrected chi connectivity index (χ0v) is 9.26. The van der Waals surface area contributed by atoms with Crippen LogP contribution in [0.25, 0.3) is 0 Å². The maximum absolute atomic E-state index is 7.23. The van der Waals surface area contributed by atoms with Crippen molar-refractivity contribution in [3.63, 3.8) is 0 Å². The first kappa shape index (κ1) is 10.8. The van der Waals surface area contributed by atoms with Gasteiger partial charge >= 0.3 is 0 Å². The predicted molar refractivity (Wildman–Crippen MR) is 57.5 cm³/mol. The van der Waals surface area contributed by atoms with E-state index in [1.165, 1.54) is 0 Å². The second-order valence-corrected chi connectivity index (χ2v) is 4.60. The van der Waals surface area contributed by atoms with E-state index < -0.39 is 0 Å². The van der Waals surface area contributed by atoms with Crippen LogP contribution in [-0.4, -0.2) is 15.6 Å². The van der Waals surface area contributed by atoms with Gasteiger partial charge in [0.05, 0.1) is 11.5 Å². The molecule has 0 unspecified atom stereocenters. The summed E-state index contributed by atoms with van der Waals surface area (Å²) in [6, 6.07) is 2.02. The standard InChI is InChI=1S/C10H18N4/c1-10(2,3)8-5-7(6-9(11)12)14(4)13-8/h5H,6H2,1-4H3,(H3,11,12). The molecule has 1 aromatic rings. The van der Waals surface area contributed by atoms with Crippen LogP contribution in [0.3, 0.4) is 0 Å². The van der Waals surface area contributed by atoms with Crippen LogP contribution in [0.4, 0.5) is 0 Å². The van der Waals surface area contributed by atoms with Gasteiger partial charge in [-0.15, -0.1) is 0 Å². The molecule has 1 aromatic heterocycles. The summed E-state index contributed by atoms with van der Waals surface area (Å²) in [6.45, 7) is 6.35. The minimum absolute atomic E-state index is 0.0484. The van der Waals surface area contributed by atoms with Crippen LogP contribution in [-0.2, 0) is 18.9 Å². The maximum Gasteiger partial charge on any atom is 0.0965 e. The van der Waals surface area contributed by atoms with Crippen LogP contribution in [0.5, 0.6) is 0 Å². The van der Waals surface area contributed by atoms with Crippen molar-refractivity contribution in [2.24, 2.45) is 12.8 Å². The topological polar surface area (TPSA) is 67.7 Å². The first-order valence-corrected chi connectivity index (χ1v) is 4.67. The van der Waals surface area contributed by atoms with Gasteiger partial charge in [0, 0.05) is 24.6 Å². The molecule has 14 heavy (non-hydrogen) atoms. The lowest BCUT2D eigenvalue weighted by molar-refractivity contribution is 0.552. The molecule has 0 saturated carbocycles. The molecule has 0 aromatic carbocycles. The first-order valence-electron chi connectivity index (χ1n) is 4.67. The number of nitrogens with one attached hydrogen (secondary N) is 1. The van der Waals surface area contributed by atoms with E-state index in [1.54, 1.807) is 4.68 Å². The van der Waals surface area contributed by atoms with Crippen molar-refractivity contribution >= 4 is 5.84 Å². The lowest BCUT2D eigenvalue weighted by Gasteiger charge is -2.13. The van der Waals surface area contributed by atoms with Crippen LogP contribution in [0.1, 0.15) is 32.2 Å². The summed E-state index contributed by atoms with van der Waals surface area (Å²) in [5, 5.41) is 11.6. The van der Waals surface area contributed by atoms with E-state index in [9.17, 15) is 0 Å². The van der Waals surface area contributed by atoms with Crippen molar-refractivity contribution < 1.29 is 0 Å². The molecule has 0 aliphatic rings. The van der Waals surface area contributed by atoms with Gasteiger partial charge in [-0.05, 0) is 6.07 Å². The van der Waals surface area contributed by atoms with Gasteiger partial charge in [-0.3, -0.25) is 10.1 Å². The van der Waals surface area contributed by atoms with Gasteiger partial charge in [0.25, 0.3) is 0 Å². The van der Waals surface area contributed by atoms with Crippen LogP contribution in [0.2, 0.25) is 0 Å². The van der Waals surface area contributed by atoms with Gasteiger partial charge in [0.2, 0.25) is 0 Å². The van der Waals surface area contributed by atoms with Gasteiger partial charge in [-0.1, -0.05) is 20.8 Å². The normalized spacial score (nSPS) is 11.7. The highest BCUT2D eigenvalue weighted by atomic mass is 15.3. The lowest BCUT2D eigenvalue weighted by Crippen LogP contribution is -2.15. The SMILES string of the molecule is Cn1nc(C(C)(C)C)cc1CC(=N)N. The summed E-state index contributed by atoms with van der Waals surface area (Å²) in [5.74, 6) is 0.174. The zero-order valence-electron chi connectivity index (χ0n) is 9.26.